The molecular formula is C13H15N7O4. The van der Waals surface area contributed by atoms with Gasteiger partial charge in [-0.05, 0) is 13.6 Å². The minimum Gasteiger partial charge on any atom is -0.387 e. The third-order valence-corrected chi connectivity index (χ3v) is 3.46. The van der Waals surface area contributed by atoms with E-state index in [-0.39, 0.29) is 22.8 Å². The number of carbonyl (C=O) groups excluding carboxylic acids is 1. The Labute approximate surface area is 135 Å². The van der Waals surface area contributed by atoms with Gasteiger partial charge >= 0.3 is 0 Å². The number of hydrogen-bond acceptors (Lipinski definition) is 10. The number of carbonyl (C=O) groups is 1. The summed E-state index contributed by atoms with van der Waals surface area (Å²) in [6, 6.07) is 1.76. The summed E-state index contributed by atoms with van der Waals surface area (Å²) in [6.45, 7) is 3.75. The highest BCUT2D eigenvalue weighted by Crippen LogP contribution is 2.32. The number of ketones is 1. The van der Waals surface area contributed by atoms with Gasteiger partial charge in [-0.2, -0.15) is 15.2 Å². The Morgan fingerprint density at radius 2 is 2.12 bits per heavy atom. The number of anilines is 1. The zero-order valence-corrected chi connectivity index (χ0v) is 12.6. The van der Waals surface area contributed by atoms with Gasteiger partial charge in [0.2, 0.25) is 5.82 Å². The molecule has 0 unspecified atom stereocenters. The SMILES string of the molecule is C=N.CC(=O)[C@H]1O[C@@H](n2cnc3c(N)nc(C#N)nc32)[C@H](O)[C@@H]1O. The average Bonchev–Trinajstić information content (AvgIpc) is 3.12. The van der Waals surface area contributed by atoms with Crippen LogP contribution >= 0.6 is 0 Å². The van der Waals surface area contributed by atoms with Crippen molar-refractivity contribution in [2.45, 2.75) is 31.5 Å². The lowest BCUT2D eigenvalue weighted by molar-refractivity contribution is -0.133. The fourth-order valence-electron chi connectivity index (χ4n) is 2.40. The molecule has 0 radical (unpaired) electrons. The summed E-state index contributed by atoms with van der Waals surface area (Å²) in [7, 11) is 0. The number of aliphatic hydroxyl groups is 2. The topological polar surface area (TPSA) is 184 Å². The number of Topliss-reactive ketones (excluding diaryl/α,β-unsaturated/α-hetero) is 1. The van der Waals surface area contributed by atoms with Crippen molar-refractivity contribution in [3.05, 3.63) is 12.2 Å². The van der Waals surface area contributed by atoms with Gasteiger partial charge in [0.05, 0.1) is 6.33 Å². The van der Waals surface area contributed by atoms with Crippen LogP contribution in [0.4, 0.5) is 5.82 Å². The summed E-state index contributed by atoms with van der Waals surface area (Å²) < 4.78 is 6.71. The van der Waals surface area contributed by atoms with E-state index in [9.17, 15) is 15.0 Å². The summed E-state index contributed by atoms with van der Waals surface area (Å²) in [5, 5.41) is 34.4. The van der Waals surface area contributed by atoms with Crippen molar-refractivity contribution < 1.29 is 19.7 Å². The third kappa shape index (κ3) is 2.69. The molecule has 0 aliphatic carbocycles. The van der Waals surface area contributed by atoms with Crippen LogP contribution in [-0.2, 0) is 9.53 Å². The van der Waals surface area contributed by atoms with Crippen LogP contribution in [0.15, 0.2) is 6.33 Å². The van der Waals surface area contributed by atoms with Crippen LogP contribution in [0, 0.1) is 16.7 Å². The lowest BCUT2D eigenvalue weighted by Crippen LogP contribution is -2.34. The monoisotopic (exact) mass is 333 g/mol. The minimum absolute atomic E-state index is 0.0106. The van der Waals surface area contributed by atoms with Gasteiger partial charge in [0, 0.05) is 0 Å². The van der Waals surface area contributed by atoms with Gasteiger partial charge in [-0.25, -0.2) is 4.98 Å². The van der Waals surface area contributed by atoms with E-state index >= 15 is 0 Å². The van der Waals surface area contributed by atoms with Crippen LogP contribution in [0.3, 0.4) is 0 Å². The lowest BCUT2D eigenvalue weighted by Gasteiger charge is -2.16. The van der Waals surface area contributed by atoms with Crippen molar-refractivity contribution in [3.63, 3.8) is 0 Å². The van der Waals surface area contributed by atoms with Crippen LogP contribution < -0.4 is 5.73 Å². The van der Waals surface area contributed by atoms with E-state index in [2.05, 4.69) is 21.7 Å². The molecule has 0 saturated carbocycles. The Hall–Kier alpha value is -2.94. The fourth-order valence-corrected chi connectivity index (χ4v) is 2.40. The van der Waals surface area contributed by atoms with Crippen LogP contribution in [0.1, 0.15) is 19.0 Å². The molecule has 5 N–H and O–H groups in total. The van der Waals surface area contributed by atoms with Gasteiger partial charge in [-0.1, -0.05) is 0 Å². The number of nitrogens with two attached hydrogens (primary N) is 1. The van der Waals surface area contributed by atoms with Gasteiger partial charge < -0.3 is 26.1 Å². The standard InChI is InChI=1S/C12H12N6O4.CH3N/c1-4(19)9-7(20)8(21)12(22-9)18-3-15-6-10(14)16-5(2-13)17-11(6)18;1-2/h3,7-9,12,20-21H,1H3,(H2,14,16,17);2H,1H2/t7-,8+,9+,12+;/m0./s1. The van der Waals surface area contributed by atoms with Crippen molar-refractivity contribution in [2.24, 2.45) is 0 Å². The number of fused-ring (bicyclic) bond motifs is 1. The number of nitriles is 1. The molecule has 0 bridgehead atoms. The van der Waals surface area contributed by atoms with Gasteiger partial charge in [0.25, 0.3) is 0 Å². The Kier molecular flexibility index (Phi) is 4.84. The largest absolute Gasteiger partial charge is 0.387 e. The summed E-state index contributed by atoms with van der Waals surface area (Å²) in [5.41, 5.74) is 6.10. The fraction of sp³-hybridized carbons (Fsp3) is 0.385. The second kappa shape index (κ2) is 6.67. The van der Waals surface area contributed by atoms with Crippen LogP contribution in [0.5, 0.6) is 0 Å². The molecule has 11 nitrogen and oxygen atoms in total. The summed E-state index contributed by atoms with van der Waals surface area (Å²) >= 11 is 0. The molecule has 4 atom stereocenters. The Bertz CT molecular complexity index is 814. The summed E-state index contributed by atoms with van der Waals surface area (Å²) in [6.07, 6.45) is -3.65. The highest BCUT2D eigenvalue weighted by Gasteiger charge is 2.46. The van der Waals surface area contributed by atoms with Crippen molar-refractivity contribution in [1.82, 2.24) is 19.5 Å². The maximum atomic E-state index is 11.4. The molecule has 2 aromatic rings. The average molecular weight is 333 g/mol. The van der Waals surface area contributed by atoms with Crippen LogP contribution in [-0.4, -0.2) is 60.5 Å². The lowest BCUT2D eigenvalue weighted by atomic mass is 10.1. The molecule has 0 spiro atoms. The second-order valence-corrected chi connectivity index (χ2v) is 4.91. The quantitative estimate of drug-likeness (QED) is 0.487. The highest BCUT2D eigenvalue weighted by atomic mass is 16.6. The number of nitrogens with one attached hydrogen (secondary N) is 1. The van der Waals surface area contributed by atoms with Gasteiger partial charge in [0.1, 0.15) is 29.9 Å². The number of rotatable bonds is 2. The summed E-state index contributed by atoms with van der Waals surface area (Å²) in [5.74, 6) is -0.565. The Morgan fingerprint density at radius 3 is 2.67 bits per heavy atom. The van der Waals surface area contributed by atoms with E-state index in [4.69, 9.17) is 21.1 Å². The van der Waals surface area contributed by atoms with E-state index in [0.717, 1.165) is 0 Å². The minimum atomic E-state index is -1.37. The predicted molar refractivity (Wildman–Crippen MR) is 80.9 cm³/mol. The predicted octanol–water partition coefficient (Wildman–Crippen LogP) is -1.25. The molecule has 126 valence electrons. The molecule has 24 heavy (non-hydrogen) atoms. The normalized spacial score (nSPS) is 25.8. The molecule has 0 aromatic carbocycles. The summed E-state index contributed by atoms with van der Waals surface area (Å²) in [4.78, 5) is 23.2. The van der Waals surface area contributed by atoms with E-state index in [1.54, 1.807) is 6.07 Å². The first-order valence-corrected chi connectivity index (χ1v) is 6.71. The van der Waals surface area contributed by atoms with E-state index in [1.807, 2.05) is 0 Å². The molecule has 1 fully saturated rings. The Morgan fingerprint density at radius 1 is 1.46 bits per heavy atom. The molecule has 3 rings (SSSR count). The first-order chi connectivity index (χ1) is 11.4. The third-order valence-electron chi connectivity index (χ3n) is 3.46. The van der Waals surface area contributed by atoms with E-state index in [0.29, 0.717) is 0 Å². The van der Waals surface area contributed by atoms with Crippen molar-refractivity contribution in [1.29, 1.82) is 10.7 Å². The molecule has 2 aromatic heterocycles. The smallest absolute Gasteiger partial charge is 0.236 e. The van der Waals surface area contributed by atoms with Crippen LogP contribution in [0.25, 0.3) is 11.2 Å². The maximum absolute atomic E-state index is 11.4. The molecule has 11 heteroatoms. The molecule has 0 amide bonds. The number of nitrogens with zero attached hydrogens (tertiary/aromatic N) is 5. The first-order valence-electron chi connectivity index (χ1n) is 6.71. The Balaban J connectivity index is 0.00000100. The zero-order chi connectivity index (χ0) is 18.0. The molecule has 1 saturated heterocycles. The van der Waals surface area contributed by atoms with Gasteiger partial charge in [0.15, 0.2) is 23.5 Å². The number of ether oxygens (including phenoxy) is 1. The highest BCUT2D eigenvalue weighted by molar-refractivity contribution is 5.83. The zero-order valence-electron chi connectivity index (χ0n) is 12.6. The first kappa shape index (κ1) is 17.4. The van der Waals surface area contributed by atoms with Crippen molar-refractivity contribution in [2.75, 3.05) is 5.73 Å². The second-order valence-electron chi connectivity index (χ2n) is 4.91. The maximum Gasteiger partial charge on any atom is 0.236 e. The van der Waals surface area contributed by atoms with Crippen molar-refractivity contribution in [3.8, 4) is 6.07 Å². The molecule has 1 aliphatic rings. The molecular weight excluding hydrogens is 318 g/mol. The molecule has 1 aliphatic heterocycles. The molecule has 3 heterocycles. The van der Waals surface area contributed by atoms with Gasteiger partial charge in [-0.3, -0.25) is 9.36 Å². The number of aromatic nitrogens is 4. The number of aliphatic hydroxyl groups excluding tert-OH is 2. The number of nitrogen functional groups attached to an aromatic ring is 1. The van der Waals surface area contributed by atoms with Crippen molar-refractivity contribution >= 4 is 29.5 Å². The van der Waals surface area contributed by atoms with E-state index < -0.39 is 30.3 Å². The van der Waals surface area contributed by atoms with E-state index in [1.165, 1.54) is 17.8 Å². The number of hydrogen-bond donors (Lipinski definition) is 4. The van der Waals surface area contributed by atoms with Gasteiger partial charge in [-0.15, -0.1) is 0 Å². The van der Waals surface area contributed by atoms with Crippen LogP contribution in [0.2, 0.25) is 0 Å². The number of imidazole rings is 1.